The lowest BCUT2D eigenvalue weighted by Crippen LogP contribution is -2.40. The molecule has 1 aliphatic rings. The monoisotopic (exact) mass is 394 g/mol. The van der Waals surface area contributed by atoms with E-state index in [2.05, 4.69) is 10.5 Å². The minimum Gasteiger partial charge on any atom is -0.463 e. The third-order valence-corrected chi connectivity index (χ3v) is 5.92. The molecule has 27 heavy (non-hydrogen) atoms. The summed E-state index contributed by atoms with van der Waals surface area (Å²) in [6.45, 7) is 2.59. The van der Waals surface area contributed by atoms with E-state index in [4.69, 9.17) is 9.15 Å². The Morgan fingerprint density at radius 2 is 2.04 bits per heavy atom. The average molecular weight is 394 g/mol. The quantitative estimate of drug-likeness (QED) is 0.451. The number of sulfonamides is 1. The maximum absolute atomic E-state index is 13.0. The van der Waals surface area contributed by atoms with Gasteiger partial charge in [-0.15, -0.1) is 0 Å². The van der Waals surface area contributed by atoms with Crippen molar-refractivity contribution in [1.82, 2.24) is 4.31 Å². The molecule has 1 N–H and O–H groups in total. The van der Waals surface area contributed by atoms with Crippen LogP contribution in [0.4, 0.5) is 11.4 Å². The molecule has 1 fully saturated rings. The Bertz CT molecular complexity index is 949. The van der Waals surface area contributed by atoms with E-state index in [-0.39, 0.29) is 42.6 Å². The fraction of sp³-hybridized carbons (Fsp3) is 0.312. The summed E-state index contributed by atoms with van der Waals surface area (Å²) in [5.41, 5.74) is 2.99. The summed E-state index contributed by atoms with van der Waals surface area (Å²) in [6, 6.07) is 6.99. The number of rotatable bonds is 6. The molecule has 0 atom stereocenters. The SMILES string of the molecule is C/C(=N\Nc1ccc([N+](=O)[O-])cc1S(=O)(=O)N1CCOCC1)c1ccco1. The number of nitro groups is 1. The Morgan fingerprint density at radius 1 is 1.30 bits per heavy atom. The first-order valence-electron chi connectivity index (χ1n) is 8.10. The van der Waals surface area contributed by atoms with Crippen LogP contribution >= 0.6 is 0 Å². The standard InChI is InChI=1S/C16H18N4O6S/c1-12(15-3-2-8-26-15)17-18-14-5-4-13(20(21)22)11-16(14)27(23,24)19-6-9-25-10-7-19/h2-5,8,11,18H,6-7,9-10H2,1H3/b17-12+. The van der Waals surface area contributed by atoms with Gasteiger partial charge in [-0.2, -0.15) is 9.41 Å². The van der Waals surface area contributed by atoms with Gasteiger partial charge >= 0.3 is 0 Å². The average Bonchev–Trinajstić information content (AvgIpc) is 3.21. The molecule has 0 unspecified atom stereocenters. The second-order valence-corrected chi connectivity index (χ2v) is 7.65. The predicted molar refractivity (Wildman–Crippen MR) is 97.2 cm³/mol. The lowest BCUT2D eigenvalue weighted by Gasteiger charge is -2.26. The number of ether oxygens (including phenoxy) is 1. The Labute approximate surface area is 155 Å². The van der Waals surface area contributed by atoms with Crippen LogP contribution in [0.3, 0.4) is 0 Å². The van der Waals surface area contributed by atoms with E-state index in [9.17, 15) is 18.5 Å². The van der Waals surface area contributed by atoms with Gasteiger partial charge in [0, 0.05) is 25.2 Å². The molecule has 2 heterocycles. The molecule has 2 aromatic rings. The van der Waals surface area contributed by atoms with Crippen molar-refractivity contribution in [2.45, 2.75) is 11.8 Å². The van der Waals surface area contributed by atoms with Crippen molar-refractivity contribution in [1.29, 1.82) is 0 Å². The number of anilines is 1. The molecule has 1 aromatic heterocycles. The van der Waals surface area contributed by atoms with E-state index in [1.165, 1.54) is 22.7 Å². The number of morpholine rings is 1. The van der Waals surface area contributed by atoms with Crippen LogP contribution in [0.2, 0.25) is 0 Å². The zero-order chi connectivity index (χ0) is 19.4. The summed E-state index contributed by atoms with van der Waals surface area (Å²) < 4.78 is 37.6. The molecule has 0 aliphatic carbocycles. The highest BCUT2D eigenvalue weighted by Gasteiger charge is 2.30. The van der Waals surface area contributed by atoms with Gasteiger partial charge in [-0.1, -0.05) is 0 Å². The van der Waals surface area contributed by atoms with Gasteiger partial charge in [0.1, 0.15) is 16.4 Å². The smallest absolute Gasteiger partial charge is 0.270 e. The molecule has 0 spiro atoms. The molecule has 1 aromatic carbocycles. The Hall–Kier alpha value is -2.76. The Morgan fingerprint density at radius 3 is 2.67 bits per heavy atom. The predicted octanol–water partition coefficient (Wildman–Crippen LogP) is 2.04. The normalized spacial score (nSPS) is 16.3. The first kappa shape index (κ1) is 19.0. The van der Waals surface area contributed by atoms with Crippen molar-refractivity contribution in [3.05, 3.63) is 52.5 Å². The van der Waals surface area contributed by atoms with Crippen LogP contribution < -0.4 is 5.43 Å². The summed E-state index contributed by atoms with van der Waals surface area (Å²) in [5.74, 6) is 0.516. The van der Waals surface area contributed by atoms with Crippen LogP contribution in [0.1, 0.15) is 12.7 Å². The fourth-order valence-electron chi connectivity index (χ4n) is 2.54. The highest BCUT2D eigenvalue weighted by atomic mass is 32.2. The minimum atomic E-state index is -3.96. The minimum absolute atomic E-state index is 0.137. The van der Waals surface area contributed by atoms with E-state index in [0.29, 0.717) is 11.5 Å². The highest BCUT2D eigenvalue weighted by molar-refractivity contribution is 7.89. The molecule has 10 nitrogen and oxygen atoms in total. The molecular weight excluding hydrogens is 376 g/mol. The topological polar surface area (TPSA) is 127 Å². The molecule has 0 saturated carbocycles. The first-order chi connectivity index (χ1) is 12.9. The van der Waals surface area contributed by atoms with Gasteiger partial charge in [0.25, 0.3) is 5.69 Å². The van der Waals surface area contributed by atoms with Crippen LogP contribution in [0.25, 0.3) is 0 Å². The molecule has 1 aliphatic heterocycles. The van der Waals surface area contributed by atoms with Crippen molar-refractivity contribution in [2.75, 3.05) is 31.7 Å². The number of hydrogen-bond acceptors (Lipinski definition) is 8. The van der Waals surface area contributed by atoms with Crippen LogP contribution in [0, 0.1) is 10.1 Å². The summed E-state index contributed by atoms with van der Waals surface area (Å²) in [6.07, 6.45) is 1.49. The lowest BCUT2D eigenvalue weighted by atomic mass is 10.3. The number of benzene rings is 1. The number of non-ortho nitro benzene ring substituents is 1. The summed E-state index contributed by atoms with van der Waals surface area (Å²) in [5, 5.41) is 15.2. The maximum Gasteiger partial charge on any atom is 0.270 e. The largest absolute Gasteiger partial charge is 0.463 e. The number of hydrogen-bond donors (Lipinski definition) is 1. The van der Waals surface area contributed by atoms with E-state index < -0.39 is 14.9 Å². The number of hydrazone groups is 1. The van der Waals surface area contributed by atoms with Gasteiger partial charge in [-0.3, -0.25) is 15.5 Å². The van der Waals surface area contributed by atoms with Crippen molar-refractivity contribution in [3.8, 4) is 0 Å². The van der Waals surface area contributed by atoms with Crippen molar-refractivity contribution in [3.63, 3.8) is 0 Å². The van der Waals surface area contributed by atoms with E-state index in [1.807, 2.05) is 0 Å². The number of furan rings is 1. The molecule has 144 valence electrons. The zero-order valence-corrected chi connectivity index (χ0v) is 15.3. The van der Waals surface area contributed by atoms with Crippen LogP contribution in [-0.4, -0.2) is 49.7 Å². The molecule has 3 rings (SSSR count). The summed E-state index contributed by atoms with van der Waals surface area (Å²) in [7, 11) is -3.96. The Balaban J connectivity index is 1.98. The third-order valence-electron chi connectivity index (χ3n) is 3.99. The lowest BCUT2D eigenvalue weighted by molar-refractivity contribution is -0.385. The van der Waals surface area contributed by atoms with Crippen molar-refractivity contribution >= 4 is 27.1 Å². The van der Waals surface area contributed by atoms with Gasteiger partial charge in [0.05, 0.1) is 30.1 Å². The van der Waals surface area contributed by atoms with Gasteiger partial charge in [0.2, 0.25) is 10.0 Å². The zero-order valence-electron chi connectivity index (χ0n) is 14.5. The second-order valence-electron chi connectivity index (χ2n) is 5.74. The number of nitrogens with one attached hydrogen (secondary N) is 1. The van der Waals surface area contributed by atoms with Crippen LogP contribution in [-0.2, 0) is 14.8 Å². The van der Waals surface area contributed by atoms with Gasteiger partial charge in [-0.05, 0) is 25.1 Å². The second kappa shape index (κ2) is 7.86. The van der Waals surface area contributed by atoms with E-state index in [0.717, 1.165) is 6.07 Å². The molecule has 1 saturated heterocycles. The Kier molecular flexibility index (Phi) is 5.54. The third kappa shape index (κ3) is 4.15. The van der Waals surface area contributed by atoms with E-state index in [1.54, 1.807) is 19.1 Å². The molecule has 0 amide bonds. The molecule has 0 radical (unpaired) electrons. The van der Waals surface area contributed by atoms with Gasteiger partial charge < -0.3 is 9.15 Å². The highest BCUT2D eigenvalue weighted by Crippen LogP contribution is 2.29. The van der Waals surface area contributed by atoms with Gasteiger partial charge in [-0.25, -0.2) is 8.42 Å². The molecular formula is C16H18N4O6S. The number of nitrogens with zero attached hydrogens (tertiary/aromatic N) is 3. The number of nitro benzene ring substituents is 1. The van der Waals surface area contributed by atoms with Crippen LogP contribution in [0.5, 0.6) is 0 Å². The first-order valence-corrected chi connectivity index (χ1v) is 9.54. The van der Waals surface area contributed by atoms with Crippen molar-refractivity contribution < 1.29 is 22.5 Å². The molecule has 11 heteroatoms. The summed E-state index contributed by atoms with van der Waals surface area (Å²) >= 11 is 0. The fourth-order valence-corrected chi connectivity index (χ4v) is 4.11. The van der Waals surface area contributed by atoms with E-state index >= 15 is 0 Å². The van der Waals surface area contributed by atoms with Crippen LogP contribution in [0.15, 0.2) is 51.0 Å². The van der Waals surface area contributed by atoms with Gasteiger partial charge in [0.15, 0.2) is 0 Å². The van der Waals surface area contributed by atoms with Crippen molar-refractivity contribution in [2.24, 2.45) is 5.10 Å². The molecule has 0 bridgehead atoms. The maximum atomic E-state index is 13.0. The summed E-state index contributed by atoms with van der Waals surface area (Å²) in [4.78, 5) is 10.3.